The van der Waals surface area contributed by atoms with E-state index >= 15 is 0 Å². The van der Waals surface area contributed by atoms with E-state index in [1.165, 1.54) is 18.5 Å². The zero-order valence-corrected chi connectivity index (χ0v) is 15.6. The van der Waals surface area contributed by atoms with Crippen LogP contribution in [0.3, 0.4) is 0 Å². The number of nitrogens with zero attached hydrogens (tertiary/aromatic N) is 6. The number of alkyl halides is 2. The number of hydrogen-bond acceptors (Lipinski definition) is 8. The van der Waals surface area contributed by atoms with Gasteiger partial charge in [0.05, 0.1) is 32.5 Å². The van der Waals surface area contributed by atoms with Crippen LogP contribution in [0.25, 0.3) is 11.4 Å². The maximum absolute atomic E-state index is 13.5. The summed E-state index contributed by atoms with van der Waals surface area (Å²) < 4.78 is 38.0. The molecule has 0 amide bonds. The second-order valence-electron chi connectivity index (χ2n) is 6.74. The predicted octanol–water partition coefficient (Wildman–Crippen LogP) is 1.93. The predicted molar refractivity (Wildman–Crippen MR) is 98.7 cm³/mol. The van der Waals surface area contributed by atoms with Crippen molar-refractivity contribution < 1.29 is 18.3 Å². The lowest BCUT2D eigenvalue weighted by Crippen LogP contribution is -2.45. The summed E-state index contributed by atoms with van der Waals surface area (Å²) in [6.07, 6.45) is 0.0827. The third-order valence-corrected chi connectivity index (χ3v) is 4.86. The van der Waals surface area contributed by atoms with E-state index in [0.717, 1.165) is 0 Å². The van der Waals surface area contributed by atoms with E-state index in [9.17, 15) is 8.78 Å². The Kier molecular flexibility index (Phi) is 5.58. The molecule has 2 aromatic rings. The first kappa shape index (κ1) is 18.9. The van der Waals surface area contributed by atoms with Crippen molar-refractivity contribution in [3.63, 3.8) is 0 Å². The molecular formula is C18H22F2N6O2. The van der Waals surface area contributed by atoms with Crippen LogP contribution in [0.15, 0.2) is 18.5 Å². The quantitative estimate of drug-likeness (QED) is 0.781. The monoisotopic (exact) mass is 392 g/mol. The van der Waals surface area contributed by atoms with Crippen molar-refractivity contribution in [3.05, 3.63) is 24.0 Å². The van der Waals surface area contributed by atoms with Gasteiger partial charge in [-0.25, -0.2) is 8.78 Å². The van der Waals surface area contributed by atoms with Crippen LogP contribution in [-0.2, 0) is 9.47 Å². The molecule has 4 rings (SSSR count). The van der Waals surface area contributed by atoms with Crippen molar-refractivity contribution in [3.8, 4) is 11.4 Å². The largest absolute Gasteiger partial charge is 0.378 e. The molecular weight excluding hydrogens is 370 g/mol. The number of halogens is 2. The number of pyridine rings is 1. The Balaban J connectivity index is 1.80. The smallest absolute Gasteiger partial charge is 0.264 e. The highest BCUT2D eigenvalue weighted by molar-refractivity contribution is 5.62. The second kappa shape index (κ2) is 8.27. The first-order valence-electron chi connectivity index (χ1n) is 9.29. The van der Waals surface area contributed by atoms with Crippen LogP contribution in [0, 0.1) is 0 Å². The van der Waals surface area contributed by atoms with Crippen molar-refractivity contribution in [2.24, 2.45) is 0 Å². The fourth-order valence-corrected chi connectivity index (χ4v) is 3.31. The molecule has 0 bridgehead atoms. The molecule has 0 N–H and O–H groups in total. The Hall–Kier alpha value is -2.46. The van der Waals surface area contributed by atoms with Gasteiger partial charge < -0.3 is 19.3 Å². The lowest BCUT2D eigenvalue weighted by Gasteiger charge is -2.34. The molecule has 2 saturated heterocycles. The molecule has 2 aromatic heterocycles. The van der Waals surface area contributed by atoms with Crippen LogP contribution in [0.5, 0.6) is 0 Å². The Labute approximate surface area is 161 Å². The molecule has 8 nitrogen and oxygen atoms in total. The summed E-state index contributed by atoms with van der Waals surface area (Å²) in [5, 5.41) is 0. The standard InChI is InChI=1S/C18H22F2N6O2/c1-12-11-28-9-6-26(12)18-23-16(14-10-21-3-2-13(14)15(19)20)22-17(24-18)25-4-7-27-8-5-25/h2-3,10,12,15H,4-9,11H2,1H3/t12-/m0/s1. The van der Waals surface area contributed by atoms with E-state index in [0.29, 0.717) is 58.0 Å². The highest BCUT2D eigenvalue weighted by Crippen LogP contribution is 2.30. The van der Waals surface area contributed by atoms with Crippen LogP contribution < -0.4 is 9.80 Å². The second-order valence-corrected chi connectivity index (χ2v) is 6.74. The van der Waals surface area contributed by atoms with Crippen molar-refractivity contribution in [2.45, 2.75) is 19.4 Å². The van der Waals surface area contributed by atoms with E-state index in [1.807, 2.05) is 16.7 Å². The molecule has 10 heteroatoms. The van der Waals surface area contributed by atoms with Gasteiger partial charge in [-0.05, 0) is 13.0 Å². The molecule has 0 aliphatic carbocycles. The topological polar surface area (TPSA) is 76.5 Å². The maximum atomic E-state index is 13.5. The molecule has 28 heavy (non-hydrogen) atoms. The third kappa shape index (κ3) is 3.88. The summed E-state index contributed by atoms with van der Waals surface area (Å²) in [6.45, 7) is 6.18. The molecule has 2 aliphatic heterocycles. The maximum Gasteiger partial charge on any atom is 0.264 e. The number of anilines is 2. The lowest BCUT2D eigenvalue weighted by molar-refractivity contribution is 0.0980. The Bertz CT molecular complexity index is 818. The van der Waals surface area contributed by atoms with Gasteiger partial charge in [-0.15, -0.1) is 0 Å². The molecule has 0 unspecified atom stereocenters. The van der Waals surface area contributed by atoms with Crippen molar-refractivity contribution in [2.75, 3.05) is 55.9 Å². The number of rotatable bonds is 4. The lowest BCUT2D eigenvalue weighted by atomic mass is 10.1. The van der Waals surface area contributed by atoms with Crippen molar-refractivity contribution in [1.82, 2.24) is 19.9 Å². The van der Waals surface area contributed by atoms with Gasteiger partial charge in [0.1, 0.15) is 0 Å². The van der Waals surface area contributed by atoms with Gasteiger partial charge in [0.25, 0.3) is 6.43 Å². The fourth-order valence-electron chi connectivity index (χ4n) is 3.31. The van der Waals surface area contributed by atoms with Gasteiger partial charge in [0.2, 0.25) is 11.9 Å². The van der Waals surface area contributed by atoms with Gasteiger partial charge in [0, 0.05) is 43.2 Å². The van der Waals surface area contributed by atoms with Crippen LogP contribution in [0.1, 0.15) is 18.9 Å². The van der Waals surface area contributed by atoms with Crippen molar-refractivity contribution >= 4 is 11.9 Å². The summed E-state index contributed by atoms with van der Waals surface area (Å²) in [5.74, 6) is 1.13. The fraction of sp³-hybridized carbons (Fsp3) is 0.556. The highest BCUT2D eigenvalue weighted by Gasteiger charge is 2.26. The van der Waals surface area contributed by atoms with Crippen LogP contribution in [0.2, 0.25) is 0 Å². The van der Waals surface area contributed by atoms with Gasteiger partial charge in [-0.1, -0.05) is 0 Å². The Morgan fingerprint density at radius 3 is 2.54 bits per heavy atom. The number of ether oxygens (including phenoxy) is 2. The van der Waals surface area contributed by atoms with E-state index in [-0.39, 0.29) is 23.0 Å². The number of morpholine rings is 2. The average Bonchev–Trinajstić information content (AvgIpc) is 2.74. The van der Waals surface area contributed by atoms with E-state index in [4.69, 9.17) is 9.47 Å². The summed E-state index contributed by atoms with van der Waals surface area (Å²) in [4.78, 5) is 21.7. The summed E-state index contributed by atoms with van der Waals surface area (Å²) >= 11 is 0. The zero-order chi connectivity index (χ0) is 19.5. The Morgan fingerprint density at radius 1 is 1.04 bits per heavy atom. The van der Waals surface area contributed by atoms with Gasteiger partial charge >= 0.3 is 0 Å². The minimum atomic E-state index is -2.65. The minimum Gasteiger partial charge on any atom is -0.378 e. The van der Waals surface area contributed by atoms with Gasteiger partial charge in [-0.3, -0.25) is 4.98 Å². The average molecular weight is 392 g/mol. The molecule has 0 aromatic carbocycles. The van der Waals surface area contributed by atoms with Gasteiger partial charge in [-0.2, -0.15) is 15.0 Å². The molecule has 0 saturated carbocycles. The molecule has 0 radical (unpaired) electrons. The summed E-state index contributed by atoms with van der Waals surface area (Å²) in [5.41, 5.74) is 0.0756. The van der Waals surface area contributed by atoms with Crippen LogP contribution in [-0.4, -0.2) is 72.0 Å². The normalized spacial score (nSPS) is 20.6. The third-order valence-electron chi connectivity index (χ3n) is 4.86. The summed E-state index contributed by atoms with van der Waals surface area (Å²) in [6, 6.07) is 1.37. The first-order valence-corrected chi connectivity index (χ1v) is 9.29. The van der Waals surface area contributed by atoms with E-state index in [2.05, 4.69) is 19.9 Å². The number of hydrogen-bond donors (Lipinski definition) is 0. The van der Waals surface area contributed by atoms with Crippen LogP contribution >= 0.6 is 0 Å². The first-order chi connectivity index (χ1) is 13.6. The Morgan fingerprint density at radius 2 is 1.79 bits per heavy atom. The molecule has 0 spiro atoms. The summed E-state index contributed by atoms with van der Waals surface area (Å²) in [7, 11) is 0. The molecule has 4 heterocycles. The SMILES string of the molecule is C[C@H]1COCCN1c1nc(-c2cnccc2C(F)F)nc(N2CCOCC2)n1. The van der Waals surface area contributed by atoms with Crippen molar-refractivity contribution in [1.29, 1.82) is 0 Å². The molecule has 2 aliphatic rings. The molecule has 150 valence electrons. The van der Waals surface area contributed by atoms with E-state index < -0.39 is 6.43 Å². The van der Waals surface area contributed by atoms with Gasteiger partial charge in [0.15, 0.2) is 5.82 Å². The zero-order valence-electron chi connectivity index (χ0n) is 15.6. The highest BCUT2D eigenvalue weighted by atomic mass is 19.3. The molecule has 1 atom stereocenters. The minimum absolute atomic E-state index is 0.0741. The van der Waals surface area contributed by atoms with E-state index in [1.54, 1.807) is 0 Å². The molecule has 2 fully saturated rings. The number of aromatic nitrogens is 4. The van der Waals surface area contributed by atoms with Crippen LogP contribution in [0.4, 0.5) is 20.7 Å².